The van der Waals surface area contributed by atoms with Crippen LogP contribution in [0.4, 0.5) is 0 Å². The number of amides is 1. The molecule has 0 spiro atoms. The number of nitrogens with one attached hydrogen (secondary N) is 1. The number of carbonyl (C=O) groups excluding carboxylic acids is 1. The fourth-order valence-corrected chi connectivity index (χ4v) is 2.56. The Hall–Kier alpha value is -1.00. The summed E-state index contributed by atoms with van der Waals surface area (Å²) >= 11 is 1.64. The van der Waals surface area contributed by atoms with E-state index in [4.69, 9.17) is 5.73 Å². The van der Waals surface area contributed by atoms with Crippen molar-refractivity contribution in [3.8, 4) is 0 Å². The van der Waals surface area contributed by atoms with Crippen molar-refractivity contribution in [3.63, 3.8) is 0 Å². The lowest BCUT2D eigenvalue weighted by molar-refractivity contribution is -0.119. The smallest absolute Gasteiger partial charge is 0.235 e. The van der Waals surface area contributed by atoms with Gasteiger partial charge in [0, 0.05) is 10.6 Å². The molecular weight excluding hydrogens is 244 g/mol. The van der Waals surface area contributed by atoms with E-state index in [-0.39, 0.29) is 17.4 Å². The number of hydrogen-bond donors (Lipinski definition) is 2. The second-order valence-corrected chi connectivity index (χ2v) is 6.42. The molecular formula is C14H22N2OS. The lowest BCUT2D eigenvalue weighted by Gasteiger charge is -2.19. The minimum absolute atomic E-state index is 0.171. The fourth-order valence-electron chi connectivity index (χ4n) is 1.54. The first-order chi connectivity index (χ1) is 8.34. The number of thioether (sulfide) groups is 1. The second kappa shape index (κ2) is 6.25. The van der Waals surface area contributed by atoms with Gasteiger partial charge in [0.2, 0.25) is 5.91 Å². The summed E-state index contributed by atoms with van der Waals surface area (Å²) in [4.78, 5) is 12.2. The van der Waals surface area contributed by atoms with Gasteiger partial charge in [0.05, 0.1) is 6.04 Å². The monoisotopic (exact) mass is 266 g/mol. The maximum absolute atomic E-state index is 11.1. The lowest BCUT2D eigenvalue weighted by atomic mass is 9.87. The van der Waals surface area contributed by atoms with Gasteiger partial charge in [-0.1, -0.05) is 32.9 Å². The third kappa shape index (κ3) is 4.35. The van der Waals surface area contributed by atoms with Crippen LogP contribution in [0.3, 0.4) is 0 Å². The zero-order chi connectivity index (χ0) is 13.8. The maximum atomic E-state index is 11.1. The summed E-state index contributed by atoms with van der Waals surface area (Å²) in [6.07, 6.45) is 0. The van der Waals surface area contributed by atoms with Crippen molar-refractivity contribution in [2.24, 2.45) is 5.73 Å². The average Bonchev–Trinajstić information content (AvgIpc) is 2.29. The van der Waals surface area contributed by atoms with Crippen LogP contribution >= 0.6 is 11.8 Å². The molecule has 1 aromatic carbocycles. The lowest BCUT2D eigenvalue weighted by Crippen LogP contribution is -2.41. The van der Waals surface area contributed by atoms with Gasteiger partial charge in [-0.05, 0) is 30.2 Å². The van der Waals surface area contributed by atoms with Gasteiger partial charge >= 0.3 is 0 Å². The number of primary amides is 1. The predicted molar refractivity (Wildman–Crippen MR) is 77.9 cm³/mol. The molecule has 0 heterocycles. The summed E-state index contributed by atoms with van der Waals surface area (Å²) in [7, 11) is 1.75. The Labute approximate surface area is 114 Å². The molecule has 0 aromatic heterocycles. The topological polar surface area (TPSA) is 55.1 Å². The third-order valence-electron chi connectivity index (χ3n) is 2.83. The maximum Gasteiger partial charge on any atom is 0.235 e. The first-order valence-corrected chi connectivity index (χ1v) is 7.03. The van der Waals surface area contributed by atoms with Crippen molar-refractivity contribution in [1.29, 1.82) is 0 Å². The van der Waals surface area contributed by atoms with Crippen LogP contribution in [0.5, 0.6) is 0 Å². The van der Waals surface area contributed by atoms with Crippen molar-refractivity contribution in [2.45, 2.75) is 37.1 Å². The third-order valence-corrected chi connectivity index (χ3v) is 3.93. The summed E-state index contributed by atoms with van der Waals surface area (Å²) < 4.78 is 0. The van der Waals surface area contributed by atoms with E-state index < -0.39 is 0 Å². The molecule has 100 valence electrons. The fraction of sp³-hybridized carbons (Fsp3) is 0.500. The molecule has 1 amide bonds. The molecule has 0 fully saturated rings. The Morgan fingerprint density at radius 2 is 1.89 bits per heavy atom. The number of likely N-dealkylation sites (N-methyl/N-ethyl adjacent to an activating group) is 1. The zero-order valence-electron chi connectivity index (χ0n) is 11.5. The van der Waals surface area contributed by atoms with Crippen LogP contribution in [-0.4, -0.2) is 24.7 Å². The van der Waals surface area contributed by atoms with Gasteiger partial charge in [0.15, 0.2) is 0 Å². The molecule has 1 aromatic rings. The first kappa shape index (κ1) is 15.1. The van der Waals surface area contributed by atoms with Crippen molar-refractivity contribution in [3.05, 3.63) is 29.8 Å². The minimum Gasteiger partial charge on any atom is -0.368 e. The van der Waals surface area contributed by atoms with Crippen LogP contribution in [0.2, 0.25) is 0 Å². The van der Waals surface area contributed by atoms with Gasteiger partial charge < -0.3 is 11.1 Å². The molecule has 18 heavy (non-hydrogen) atoms. The zero-order valence-corrected chi connectivity index (χ0v) is 12.3. The van der Waals surface area contributed by atoms with Crippen LogP contribution in [0, 0.1) is 0 Å². The molecule has 0 saturated heterocycles. The molecule has 3 nitrogen and oxygen atoms in total. The largest absolute Gasteiger partial charge is 0.368 e. The Balaban J connectivity index is 2.62. The highest BCUT2D eigenvalue weighted by molar-refractivity contribution is 7.99. The van der Waals surface area contributed by atoms with E-state index in [1.165, 1.54) is 5.56 Å². The van der Waals surface area contributed by atoms with E-state index in [1.807, 2.05) is 0 Å². The van der Waals surface area contributed by atoms with E-state index in [2.05, 4.69) is 50.4 Å². The molecule has 0 aliphatic heterocycles. The molecule has 0 aliphatic carbocycles. The van der Waals surface area contributed by atoms with Crippen LogP contribution in [-0.2, 0) is 10.2 Å². The quantitative estimate of drug-likeness (QED) is 0.803. The van der Waals surface area contributed by atoms with E-state index in [0.29, 0.717) is 5.75 Å². The van der Waals surface area contributed by atoms with Crippen LogP contribution in [0.25, 0.3) is 0 Å². The summed E-state index contributed by atoms with van der Waals surface area (Å²) in [6.45, 7) is 6.58. The first-order valence-electron chi connectivity index (χ1n) is 6.04. The minimum atomic E-state index is -0.309. The van der Waals surface area contributed by atoms with Gasteiger partial charge in [0.1, 0.15) is 0 Å². The molecule has 0 radical (unpaired) electrons. The summed E-state index contributed by atoms with van der Waals surface area (Å²) in [6, 6.07) is 8.19. The van der Waals surface area contributed by atoms with Gasteiger partial charge in [-0.25, -0.2) is 0 Å². The molecule has 0 aliphatic rings. The molecule has 1 rings (SSSR count). The van der Waals surface area contributed by atoms with Gasteiger partial charge in [-0.2, -0.15) is 0 Å². The highest BCUT2D eigenvalue weighted by atomic mass is 32.2. The average molecular weight is 266 g/mol. The van der Waals surface area contributed by atoms with Crippen molar-refractivity contribution < 1.29 is 4.79 Å². The SMILES string of the molecule is CNC(CSc1ccc(C(C)(C)C)cc1)C(N)=O. The number of benzene rings is 1. The Morgan fingerprint density at radius 1 is 1.33 bits per heavy atom. The summed E-state index contributed by atoms with van der Waals surface area (Å²) in [5.74, 6) is 0.344. The van der Waals surface area contributed by atoms with Crippen LogP contribution in [0.1, 0.15) is 26.3 Å². The number of carbonyl (C=O) groups is 1. The van der Waals surface area contributed by atoms with E-state index in [9.17, 15) is 4.79 Å². The summed E-state index contributed by atoms with van der Waals surface area (Å²) in [5.41, 5.74) is 6.76. The molecule has 0 bridgehead atoms. The molecule has 3 N–H and O–H groups in total. The Bertz CT molecular complexity index is 395. The highest BCUT2D eigenvalue weighted by Gasteiger charge is 2.14. The second-order valence-electron chi connectivity index (χ2n) is 5.33. The number of nitrogens with two attached hydrogens (primary N) is 1. The van der Waals surface area contributed by atoms with Crippen LogP contribution < -0.4 is 11.1 Å². The molecule has 1 unspecified atom stereocenters. The van der Waals surface area contributed by atoms with E-state index in [0.717, 1.165) is 4.90 Å². The van der Waals surface area contributed by atoms with Gasteiger partial charge in [-0.3, -0.25) is 4.79 Å². The highest BCUT2D eigenvalue weighted by Crippen LogP contribution is 2.25. The molecule has 0 saturated carbocycles. The standard InChI is InChI=1S/C14H22N2OS/c1-14(2,3)10-5-7-11(8-6-10)18-9-12(16-4)13(15)17/h5-8,12,16H,9H2,1-4H3,(H2,15,17). The Morgan fingerprint density at radius 3 is 2.28 bits per heavy atom. The van der Waals surface area contributed by atoms with Crippen LogP contribution in [0.15, 0.2) is 29.2 Å². The molecule has 4 heteroatoms. The van der Waals surface area contributed by atoms with Gasteiger partial charge in [0.25, 0.3) is 0 Å². The number of hydrogen-bond acceptors (Lipinski definition) is 3. The van der Waals surface area contributed by atoms with E-state index in [1.54, 1.807) is 18.8 Å². The molecule has 1 atom stereocenters. The van der Waals surface area contributed by atoms with E-state index >= 15 is 0 Å². The van der Waals surface area contributed by atoms with Crippen molar-refractivity contribution >= 4 is 17.7 Å². The Kier molecular flexibility index (Phi) is 5.23. The predicted octanol–water partition coefficient (Wildman–Crippen LogP) is 2.15. The van der Waals surface area contributed by atoms with Gasteiger partial charge in [-0.15, -0.1) is 11.8 Å². The number of rotatable bonds is 5. The van der Waals surface area contributed by atoms with Crippen molar-refractivity contribution in [1.82, 2.24) is 5.32 Å². The summed E-state index contributed by atoms with van der Waals surface area (Å²) in [5, 5.41) is 2.91. The normalized spacial score (nSPS) is 13.3. The van der Waals surface area contributed by atoms with Crippen molar-refractivity contribution in [2.75, 3.05) is 12.8 Å².